The molecule has 4 nitrogen and oxygen atoms in total. The molecule has 1 aromatic heterocycles. The largest absolute Gasteiger partial charge is 0.496 e. The van der Waals surface area contributed by atoms with Gasteiger partial charge in [-0.25, -0.2) is 4.79 Å². The minimum absolute atomic E-state index is 0.0784. The predicted molar refractivity (Wildman–Crippen MR) is 67.1 cm³/mol. The molecule has 0 amide bonds. The molecule has 1 heterocycles. The zero-order valence-electron chi connectivity index (χ0n) is 10.5. The summed E-state index contributed by atoms with van der Waals surface area (Å²) in [7, 11) is 1.59. The Morgan fingerprint density at radius 2 is 1.94 bits per heavy atom. The van der Waals surface area contributed by atoms with Gasteiger partial charge in [0.1, 0.15) is 11.5 Å². The monoisotopic (exact) mass is 246 g/mol. The summed E-state index contributed by atoms with van der Waals surface area (Å²) >= 11 is 0. The van der Waals surface area contributed by atoms with Crippen LogP contribution in [0.5, 0.6) is 5.75 Å². The van der Waals surface area contributed by atoms with Gasteiger partial charge in [-0.1, -0.05) is 6.07 Å². The van der Waals surface area contributed by atoms with Crippen molar-refractivity contribution in [1.82, 2.24) is 0 Å². The Balaban J connectivity index is 2.56. The first kappa shape index (κ1) is 12.2. The first-order chi connectivity index (χ1) is 8.54. The second-order valence-electron chi connectivity index (χ2n) is 4.06. The van der Waals surface area contributed by atoms with Crippen LogP contribution in [0.1, 0.15) is 21.7 Å². The minimum atomic E-state index is -1.08. The molecular weight excluding hydrogens is 232 g/mol. The van der Waals surface area contributed by atoms with Crippen molar-refractivity contribution in [2.24, 2.45) is 0 Å². The number of ether oxygens (including phenoxy) is 1. The topological polar surface area (TPSA) is 59.7 Å². The first-order valence-corrected chi connectivity index (χ1v) is 5.52. The van der Waals surface area contributed by atoms with Crippen LogP contribution in [-0.2, 0) is 0 Å². The molecule has 0 unspecified atom stereocenters. The molecule has 0 fully saturated rings. The molecule has 0 aliphatic heterocycles. The zero-order valence-corrected chi connectivity index (χ0v) is 10.5. The molecule has 0 saturated heterocycles. The second kappa shape index (κ2) is 4.56. The van der Waals surface area contributed by atoms with Gasteiger partial charge in [-0.3, -0.25) is 0 Å². The van der Waals surface area contributed by atoms with E-state index in [1.165, 1.54) is 6.07 Å². The molecule has 1 N–H and O–H groups in total. The highest BCUT2D eigenvalue weighted by Gasteiger charge is 2.15. The third-order valence-corrected chi connectivity index (χ3v) is 2.96. The highest BCUT2D eigenvalue weighted by atomic mass is 16.5. The summed E-state index contributed by atoms with van der Waals surface area (Å²) in [5.74, 6) is 0.0444. The maximum absolute atomic E-state index is 10.8. The number of carbonyl (C=O) groups is 1. The van der Waals surface area contributed by atoms with Gasteiger partial charge in [-0.2, -0.15) is 0 Å². The van der Waals surface area contributed by atoms with Crippen molar-refractivity contribution in [2.75, 3.05) is 7.11 Å². The highest BCUT2D eigenvalue weighted by Crippen LogP contribution is 2.35. The maximum atomic E-state index is 10.8. The van der Waals surface area contributed by atoms with Crippen LogP contribution in [0.15, 0.2) is 28.7 Å². The summed E-state index contributed by atoms with van der Waals surface area (Å²) in [5.41, 5.74) is 2.89. The Labute approximate surface area is 105 Å². The van der Waals surface area contributed by atoms with Gasteiger partial charge >= 0.3 is 5.97 Å². The molecule has 1 aromatic carbocycles. The van der Waals surface area contributed by atoms with Gasteiger partial charge in [0.2, 0.25) is 5.76 Å². The van der Waals surface area contributed by atoms with Crippen LogP contribution in [0.4, 0.5) is 0 Å². The standard InChI is InChI=1S/C14H14O4/c1-8-4-5-10(13(17-3)9(8)2)11-6-7-12(18-11)14(15)16/h4-7H,1-3H3,(H,15,16). The highest BCUT2D eigenvalue weighted by molar-refractivity contribution is 5.85. The van der Waals surface area contributed by atoms with Crippen molar-refractivity contribution in [3.05, 3.63) is 41.2 Å². The number of hydrogen-bond donors (Lipinski definition) is 1. The first-order valence-electron chi connectivity index (χ1n) is 5.52. The van der Waals surface area contributed by atoms with Crippen LogP contribution < -0.4 is 4.74 Å². The molecule has 4 heteroatoms. The van der Waals surface area contributed by atoms with Gasteiger partial charge in [0.15, 0.2) is 0 Å². The van der Waals surface area contributed by atoms with Crippen molar-refractivity contribution in [3.8, 4) is 17.1 Å². The number of methoxy groups -OCH3 is 1. The molecule has 2 aromatic rings. The predicted octanol–water partition coefficient (Wildman–Crippen LogP) is 3.27. The second-order valence-corrected chi connectivity index (χ2v) is 4.06. The Morgan fingerprint density at radius 1 is 1.22 bits per heavy atom. The number of furan rings is 1. The van der Waals surface area contributed by atoms with E-state index in [4.69, 9.17) is 14.3 Å². The molecule has 0 saturated carbocycles. The van der Waals surface area contributed by atoms with E-state index in [-0.39, 0.29) is 5.76 Å². The van der Waals surface area contributed by atoms with E-state index < -0.39 is 5.97 Å². The summed E-state index contributed by atoms with van der Waals surface area (Å²) in [6.07, 6.45) is 0. The number of benzene rings is 1. The quantitative estimate of drug-likeness (QED) is 0.902. The summed E-state index contributed by atoms with van der Waals surface area (Å²) < 4.78 is 10.7. The number of rotatable bonds is 3. The van der Waals surface area contributed by atoms with Crippen LogP contribution in [0.3, 0.4) is 0 Å². The zero-order chi connectivity index (χ0) is 13.3. The molecule has 2 rings (SSSR count). The van der Waals surface area contributed by atoms with E-state index in [0.717, 1.165) is 16.7 Å². The van der Waals surface area contributed by atoms with Gasteiger partial charge in [0.25, 0.3) is 0 Å². The minimum Gasteiger partial charge on any atom is -0.496 e. The number of hydrogen-bond acceptors (Lipinski definition) is 3. The van der Waals surface area contributed by atoms with E-state index >= 15 is 0 Å². The Hall–Kier alpha value is -2.23. The number of aromatic carboxylic acids is 1. The van der Waals surface area contributed by atoms with E-state index in [1.807, 2.05) is 26.0 Å². The fraction of sp³-hybridized carbons (Fsp3) is 0.214. The third kappa shape index (κ3) is 1.97. The fourth-order valence-corrected chi connectivity index (χ4v) is 1.84. The molecule has 0 spiro atoms. The average molecular weight is 246 g/mol. The lowest BCUT2D eigenvalue weighted by Crippen LogP contribution is -1.94. The molecule has 94 valence electrons. The average Bonchev–Trinajstić information content (AvgIpc) is 2.82. The van der Waals surface area contributed by atoms with Crippen molar-refractivity contribution < 1.29 is 19.1 Å². The van der Waals surface area contributed by atoms with E-state index in [9.17, 15) is 4.79 Å². The summed E-state index contributed by atoms with van der Waals surface area (Å²) in [4.78, 5) is 10.8. The normalized spacial score (nSPS) is 10.4. The van der Waals surface area contributed by atoms with Crippen LogP contribution in [0.25, 0.3) is 11.3 Å². The van der Waals surface area contributed by atoms with Gasteiger partial charge < -0.3 is 14.3 Å². The van der Waals surface area contributed by atoms with Crippen molar-refractivity contribution in [3.63, 3.8) is 0 Å². The lowest BCUT2D eigenvalue weighted by atomic mass is 10.0. The lowest BCUT2D eigenvalue weighted by molar-refractivity contribution is 0.0663. The maximum Gasteiger partial charge on any atom is 0.371 e. The Kier molecular flexibility index (Phi) is 3.10. The molecule has 18 heavy (non-hydrogen) atoms. The van der Waals surface area contributed by atoms with Crippen molar-refractivity contribution in [2.45, 2.75) is 13.8 Å². The van der Waals surface area contributed by atoms with Crippen LogP contribution in [-0.4, -0.2) is 18.2 Å². The summed E-state index contributed by atoms with van der Waals surface area (Å²) in [6.45, 7) is 3.95. The van der Waals surface area contributed by atoms with Crippen LogP contribution >= 0.6 is 0 Å². The van der Waals surface area contributed by atoms with Gasteiger partial charge in [-0.05, 0) is 43.2 Å². The van der Waals surface area contributed by atoms with Crippen molar-refractivity contribution in [1.29, 1.82) is 0 Å². The number of carboxylic acids is 1. The summed E-state index contributed by atoms with van der Waals surface area (Å²) in [6, 6.07) is 6.89. The Morgan fingerprint density at radius 3 is 2.50 bits per heavy atom. The smallest absolute Gasteiger partial charge is 0.371 e. The Bertz CT molecular complexity index is 596. The number of carboxylic acid groups (broad SMARTS) is 1. The molecule has 0 radical (unpaired) electrons. The molecule has 0 aliphatic carbocycles. The van der Waals surface area contributed by atoms with Crippen LogP contribution in [0, 0.1) is 13.8 Å². The SMILES string of the molecule is COc1c(-c2ccc(C(=O)O)o2)ccc(C)c1C. The van der Waals surface area contributed by atoms with Gasteiger partial charge in [0, 0.05) is 0 Å². The molecule has 0 aliphatic rings. The van der Waals surface area contributed by atoms with Gasteiger partial charge in [0.05, 0.1) is 12.7 Å². The van der Waals surface area contributed by atoms with E-state index in [0.29, 0.717) is 11.5 Å². The lowest BCUT2D eigenvalue weighted by Gasteiger charge is -2.11. The fourth-order valence-electron chi connectivity index (χ4n) is 1.84. The third-order valence-electron chi connectivity index (χ3n) is 2.96. The molecule has 0 bridgehead atoms. The number of aryl methyl sites for hydroxylation is 1. The van der Waals surface area contributed by atoms with E-state index in [1.54, 1.807) is 13.2 Å². The summed E-state index contributed by atoms with van der Waals surface area (Å²) in [5, 5.41) is 8.85. The van der Waals surface area contributed by atoms with E-state index in [2.05, 4.69) is 0 Å². The molecular formula is C14H14O4. The van der Waals surface area contributed by atoms with Crippen molar-refractivity contribution >= 4 is 5.97 Å². The van der Waals surface area contributed by atoms with Gasteiger partial charge in [-0.15, -0.1) is 0 Å². The van der Waals surface area contributed by atoms with Crippen LogP contribution in [0.2, 0.25) is 0 Å². The molecule has 0 atom stereocenters.